The van der Waals surface area contributed by atoms with Crippen molar-refractivity contribution >= 4 is 11.7 Å². The minimum Gasteiger partial charge on any atom is -0.481 e. The van der Waals surface area contributed by atoms with E-state index in [2.05, 4.69) is 15.4 Å². The van der Waals surface area contributed by atoms with Crippen LogP contribution in [0.5, 0.6) is 0 Å². The summed E-state index contributed by atoms with van der Waals surface area (Å²) in [6, 6.07) is 0. The van der Waals surface area contributed by atoms with E-state index in [1.807, 2.05) is 0 Å². The average Bonchev–Trinajstić information content (AvgIpc) is 2.46. The minimum atomic E-state index is -1.56. The van der Waals surface area contributed by atoms with Crippen LogP contribution in [0.2, 0.25) is 0 Å². The summed E-state index contributed by atoms with van der Waals surface area (Å²) in [7, 11) is 0. The normalized spacial score (nSPS) is 26.5. The van der Waals surface area contributed by atoms with Gasteiger partial charge >= 0.3 is 5.97 Å². The molecule has 0 aromatic heterocycles. The van der Waals surface area contributed by atoms with E-state index in [1.165, 1.54) is 6.08 Å². The van der Waals surface area contributed by atoms with Gasteiger partial charge in [-0.15, -0.1) is 10.2 Å². The second-order valence-electron chi connectivity index (χ2n) is 2.99. The SMILES string of the molecule is O=C(O)CC1=CC=CC2(O)N=NN=C12.[Ag]. The first-order chi connectivity index (χ1) is 6.62. The van der Waals surface area contributed by atoms with Gasteiger partial charge in [-0.3, -0.25) is 4.79 Å². The van der Waals surface area contributed by atoms with Gasteiger partial charge in [0.1, 0.15) is 5.71 Å². The van der Waals surface area contributed by atoms with Gasteiger partial charge in [0.15, 0.2) is 0 Å². The van der Waals surface area contributed by atoms with Crippen molar-refractivity contribution in [1.82, 2.24) is 0 Å². The van der Waals surface area contributed by atoms with Crippen LogP contribution in [0, 0.1) is 0 Å². The van der Waals surface area contributed by atoms with E-state index in [0.717, 1.165) is 0 Å². The van der Waals surface area contributed by atoms with Crippen molar-refractivity contribution in [2.45, 2.75) is 12.1 Å². The molecular weight excluding hydrogens is 294 g/mol. The molecule has 7 heteroatoms. The quantitative estimate of drug-likeness (QED) is 0.726. The Labute approximate surface area is 101 Å². The van der Waals surface area contributed by atoms with E-state index in [-0.39, 0.29) is 34.5 Å². The monoisotopic (exact) mass is 300 g/mol. The number of carboxylic acid groups (broad SMARTS) is 1. The van der Waals surface area contributed by atoms with Crippen LogP contribution in [0.15, 0.2) is 39.2 Å². The maximum atomic E-state index is 10.5. The number of nitrogens with zero attached hydrogens (tertiary/aromatic N) is 3. The van der Waals surface area contributed by atoms with Crippen LogP contribution in [0.4, 0.5) is 0 Å². The first-order valence-electron chi connectivity index (χ1n) is 3.95. The molecule has 0 saturated carbocycles. The van der Waals surface area contributed by atoms with Gasteiger partial charge < -0.3 is 10.2 Å². The molecule has 1 unspecified atom stereocenters. The maximum Gasteiger partial charge on any atom is 0.307 e. The molecule has 0 spiro atoms. The summed E-state index contributed by atoms with van der Waals surface area (Å²) in [5.74, 6) is -0.983. The Morgan fingerprint density at radius 2 is 2.27 bits per heavy atom. The van der Waals surface area contributed by atoms with Gasteiger partial charge in [-0.1, -0.05) is 12.2 Å². The summed E-state index contributed by atoms with van der Waals surface area (Å²) in [4.78, 5) is 10.5. The van der Waals surface area contributed by atoms with Crippen molar-refractivity contribution in [3.05, 3.63) is 23.8 Å². The fourth-order valence-electron chi connectivity index (χ4n) is 1.35. The second-order valence-corrected chi connectivity index (χ2v) is 2.99. The first-order valence-corrected chi connectivity index (χ1v) is 3.95. The average molecular weight is 301 g/mol. The summed E-state index contributed by atoms with van der Waals surface area (Å²) < 4.78 is 0. The molecule has 0 saturated heterocycles. The Morgan fingerprint density at radius 3 is 2.93 bits per heavy atom. The fourth-order valence-corrected chi connectivity index (χ4v) is 1.35. The standard InChI is InChI=1S/C8H7N3O3.Ag/c12-6(13)4-5-2-1-3-8(14)7(5)9-11-10-8;/h1-3,14H,4H2,(H,12,13);. The first kappa shape index (κ1) is 12.0. The molecule has 0 amide bonds. The smallest absolute Gasteiger partial charge is 0.307 e. The summed E-state index contributed by atoms with van der Waals surface area (Å²) in [6.45, 7) is 0. The third-order valence-corrected chi connectivity index (χ3v) is 1.96. The van der Waals surface area contributed by atoms with Crippen LogP contribution >= 0.6 is 0 Å². The van der Waals surface area contributed by atoms with Gasteiger partial charge in [0, 0.05) is 22.4 Å². The number of aliphatic hydroxyl groups is 1. The van der Waals surface area contributed by atoms with Crippen molar-refractivity contribution in [3.63, 3.8) is 0 Å². The number of carbonyl (C=O) groups is 1. The van der Waals surface area contributed by atoms with Gasteiger partial charge in [-0.2, -0.15) is 0 Å². The van der Waals surface area contributed by atoms with Crippen molar-refractivity contribution < 1.29 is 37.4 Å². The third-order valence-electron chi connectivity index (χ3n) is 1.96. The molecular formula is C8H7AgN3O3. The predicted molar refractivity (Wildman–Crippen MR) is 46.7 cm³/mol. The molecule has 1 aliphatic carbocycles. The Morgan fingerprint density at radius 1 is 1.53 bits per heavy atom. The summed E-state index contributed by atoms with van der Waals surface area (Å²) >= 11 is 0. The zero-order valence-corrected chi connectivity index (χ0v) is 8.87. The third kappa shape index (κ3) is 2.13. The van der Waals surface area contributed by atoms with Crippen molar-refractivity contribution in [1.29, 1.82) is 0 Å². The topological polar surface area (TPSA) is 94.6 Å². The molecule has 6 nitrogen and oxygen atoms in total. The number of hydrogen-bond donors (Lipinski definition) is 2. The van der Waals surface area contributed by atoms with Crippen molar-refractivity contribution in [2.75, 3.05) is 0 Å². The van der Waals surface area contributed by atoms with Crippen LogP contribution in [-0.2, 0) is 27.2 Å². The number of rotatable bonds is 2. The molecule has 0 aromatic rings. The molecule has 1 heterocycles. The molecule has 0 aromatic carbocycles. The van der Waals surface area contributed by atoms with E-state index >= 15 is 0 Å². The Balaban J connectivity index is 0.00000112. The Kier molecular flexibility index (Phi) is 3.35. The molecule has 1 atom stereocenters. The number of hydrogen-bond acceptors (Lipinski definition) is 5. The molecule has 15 heavy (non-hydrogen) atoms. The second kappa shape index (κ2) is 4.19. The minimum absolute atomic E-state index is 0. The summed E-state index contributed by atoms with van der Waals surface area (Å²) in [5.41, 5.74) is -0.936. The van der Waals surface area contributed by atoms with Crippen LogP contribution in [0.25, 0.3) is 0 Å². The number of fused-ring (bicyclic) bond motifs is 1. The molecule has 0 bridgehead atoms. The Hall–Kier alpha value is -1.08. The van der Waals surface area contributed by atoms with Gasteiger partial charge in [0.05, 0.1) is 6.42 Å². The number of carboxylic acids is 1. The largest absolute Gasteiger partial charge is 0.481 e. The molecule has 2 aliphatic rings. The van der Waals surface area contributed by atoms with Gasteiger partial charge in [0.25, 0.3) is 0 Å². The molecule has 1 aliphatic heterocycles. The van der Waals surface area contributed by atoms with Gasteiger partial charge in [-0.05, 0) is 16.9 Å². The fraction of sp³-hybridized carbons (Fsp3) is 0.250. The van der Waals surface area contributed by atoms with Gasteiger partial charge in [0.2, 0.25) is 5.72 Å². The zero-order valence-electron chi connectivity index (χ0n) is 7.38. The maximum absolute atomic E-state index is 10.5. The predicted octanol–water partition coefficient (Wildman–Crippen LogP) is 0.465. The number of allylic oxidation sites excluding steroid dienone is 2. The molecule has 2 rings (SSSR count). The van der Waals surface area contributed by atoms with Crippen LogP contribution < -0.4 is 0 Å². The molecule has 2 N–H and O–H groups in total. The van der Waals surface area contributed by atoms with E-state index in [4.69, 9.17) is 5.11 Å². The van der Waals surface area contributed by atoms with E-state index in [0.29, 0.717) is 5.57 Å². The van der Waals surface area contributed by atoms with Gasteiger partial charge in [-0.25, -0.2) is 0 Å². The summed E-state index contributed by atoms with van der Waals surface area (Å²) in [6.07, 6.45) is 4.34. The summed E-state index contributed by atoms with van der Waals surface area (Å²) in [5, 5.41) is 28.8. The van der Waals surface area contributed by atoms with Crippen molar-refractivity contribution in [2.24, 2.45) is 15.4 Å². The van der Waals surface area contributed by atoms with Crippen LogP contribution in [0.1, 0.15) is 6.42 Å². The molecule has 83 valence electrons. The van der Waals surface area contributed by atoms with Crippen molar-refractivity contribution in [3.8, 4) is 0 Å². The Bertz CT molecular complexity index is 413. The molecule has 0 fully saturated rings. The van der Waals surface area contributed by atoms with Crippen LogP contribution in [0.3, 0.4) is 0 Å². The van der Waals surface area contributed by atoms with E-state index in [9.17, 15) is 9.90 Å². The van der Waals surface area contributed by atoms with E-state index in [1.54, 1.807) is 12.2 Å². The zero-order chi connectivity index (χ0) is 10.2. The van der Waals surface area contributed by atoms with E-state index < -0.39 is 11.7 Å². The number of aliphatic carboxylic acids is 1. The molecule has 1 radical (unpaired) electrons. The van der Waals surface area contributed by atoms with Crippen LogP contribution in [-0.4, -0.2) is 27.6 Å².